The maximum atomic E-state index is 13.7. The van der Waals surface area contributed by atoms with Crippen molar-refractivity contribution in [3.05, 3.63) is 59.2 Å². The lowest BCUT2D eigenvalue weighted by Crippen LogP contribution is -2.43. The third kappa shape index (κ3) is 2.55. The second-order valence-corrected chi connectivity index (χ2v) is 6.96. The summed E-state index contributed by atoms with van der Waals surface area (Å²) in [5, 5.41) is 2.48. The Hall–Kier alpha value is -2.48. The van der Waals surface area contributed by atoms with E-state index in [1.165, 1.54) is 6.07 Å². The van der Waals surface area contributed by atoms with Crippen LogP contribution in [0.5, 0.6) is 0 Å². The van der Waals surface area contributed by atoms with Crippen molar-refractivity contribution >= 4 is 21.7 Å². The second-order valence-electron chi connectivity index (χ2n) is 5.13. The molecular formula is C15H12F2N2O3S. The number of nitrogens with one attached hydrogen (secondary N) is 1. The van der Waals surface area contributed by atoms with E-state index in [1.807, 2.05) is 0 Å². The standard InChI is InChI=1S/C15H12F2N2O3S/c1-9-3-2-4-13-14(9)18-15(20)19(23(13,21)22)8-10-7-11(16)5-6-12(10)17/h2-7H,8H2,1H3,(H,18,20). The molecule has 5 nitrogen and oxygen atoms in total. The van der Waals surface area contributed by atoms with Gasteiger partial charge in [0.25, 0.3) is 10.0 Å². The highest BCUT2D eigenvalue weighted by Gasteiger charge is 2.37. The van der Waals surface area contributed by atoms with Gasteiger partial charge in [0.1, 0.15) is 16.5 Å². The quantitative estimate of drug-likeness (QED) is 0.915. The molecule has 0 aromatic heterocycles. The van der Waals surface area contributed by atoms with Crippen molar-refractivity contribution in [1.29, 1.82) is 0 Å². The molecule has 3 rings (SSSR count). The molecule has 0 unspecified atom stereocenters. The van der Waals surface area contributed by atoms with Gasteiger partial charge in [-0.3, -0.25) is 0 Å². The van der Waals surface area contributed by atoms with E-state index in [0.29, 0.717) is 9.87 Å². The van der Waals surface area contributed by atoms with Gasteiger partial charge in [0.2, 0.25) is 0 Å². The molecule has 0 fully saturated rings. The highest BCUT2D eigenvalue weighted by molar-refractivity contribution is 7.90. The topological polar surface area (TPSA) is 66.5 Å². The van der Waals surface area contributed by atoms with Crippen LogP contribution in [0, 0.1) is 18.6 Å². The van der Waals surface area contributed by atoms with Gasteiger partial charge < -0.3 is 5.32 Å². The molecule has 8 heteroatoms. The van der Waals surface area contributed by atoms with Crippen LogP contribution in [0.2, 0.25) is 0 Å². The molecule has 1 aliphatic rings. The maximum Gasteiger partial charge on any atom is 0.336 e. The van der Waals surface area contributed by atoms with Crippen LogP contribution >= 0.6 is 0 Å². The number of para-hydroxylation sites is 1. The minimum atomic E-state index is -4.15. The van der Waals surface area contributed by atoms with Crippen molar-refractivity contribution in [2.24, 2.45) is 0 Å². The maximum absolute atomic E-state index is 13.7. The van der Waals surface area contributed by atoms with E-state index < -0.39 is 34.2 Å². The second kappa shape index (κ2) is 5.31. The first-order chi connectivity index (χ1) is 10.8. The van der Waals surface area contributed by atoms with Crippen LogP contribution in [-0.4, -0.2) is 18.8 Å². The number of hydrogen-bond acceptors (Lipinski definition) is 3. The van der Waals surface area contributed by atoms with Gasteiger partial charge in [0.15, 0.2) is 0 Å². The van der Waals surface area contributed by atoms with Crippen molar-refractivity contribution < 1.29 is 22.0 Å². The number of carbonyl (C=O) groups is 1. The molecule has 0 spiro atoms. The Labute approximate surface area is 131 Å². The summed E-state index contributed by atoms with van der Waals surface area (Å²) in [6.07, 6.45) is 0. The number of amides is 2. The molecule has 0 aliphatic carbocycles. The molecule has 1 heterocycles. The molecule has 0 saturated heterocycles. The summed E-state index contributed by atoms with van der Waals surface area (Å²) in [6, 6.07) is 6.33. The first-order valence-corrected chi connectivity index (χ1v) is 8.12. The van der Waals surface area contributed by atoms with Crippen molar-refractivity contribution in [3.63, 3.8) is 0 Å². The average molecular weight is 338 g/mol. The van der Waals surface area contributed by atoms with E-state index >= 15 is 0 Å². The van der Waals surface area contributed by atoms with Crippen LogP contribution < -0.4 is 5.32 Å². The number of sulfonamides is 1. The number of anilines is 1. The summed E-state index contributed by atoms with van der Waals surface area (Å²) in [4.78, 5) is 12.1. The highest BCUT2D eigenvalue weighted by atomic mass is 32.2. The normalized spacial score (nSPS) is 16.0. The SMILES string of the molecule is Cc1cccc2c1NC(=O)N(Cc1cc(F)ccc1F)S2(=O)=O. The van der Waals surface area contributed by atoms with Gasteiger partial charge in [-0.1, -0.05) is 12.1 Å². The van der Waals surface area contributed by atoms with Crippen LogP contribution in [0.15, 0.2) is 41.3 Å². The van der Waals surface area contributed by atoms with Crippen molar-refractivity contribution in [3.8, 4) is 0 Å². The largest absolute Gasteiger partial charge is 0.336 e. The first-order valence-electron chi connectivity index (χ1n) is 6.68. The smallest absolute Gasteiger partial charge is 0.305 e. The summed E-state index contributed by atoms with van der Waals surface area (Å²) >= 11 is 0. The van der Waals surface area contributed by atoms with E-state index in [0.717, 1.165) is 18.2 Å². The number of nitrogens with zero attached hydrogens (tertiary/aromatic N) is 1. The van der Waals surface area contributed by atoms with Gasteiger partial charge in [-0.05, 0) is 36.8 Å². The molecule has 0 bridgehead atoms. The zero-order valence-electron chi connectivity index (χ0n) is 12.0. The zero-order valence-corrected chi connectivity index (χ0v) is 12.8. The van der Waals surface area contributed by atoms with Gasteiger partial charge in [0.05, 0.1) is 12.2 Å². The molecule has 23 heavy (non-hydrogen) atoms. The predicted molar refractivity (Wildman–Crippen MR) is 79.3 cm³/mol. The van der Waals surface area contributed by atoms with Gasteiger partial charge in [0, 0.05) is 5.56 Å². The number of benzene rings is 2. The Balaban J connectivity index is 2.07. The lowest BCUT2D eigenvalue weighted by atomic mass is 10.2. The molecular weight excluding hydrogens is 326 g/mol. The van der Waals surface area contributed by atoms with E-state index in [-0.39, 0.29) is 16.1 Å². The van der Waals surface area contributed by atoms with Crippen molar-refractivity contribution in [2.75, 3.05) is 5.32 Å². The fraction of sp³-hybridized carbons (Fsp3) is 0.133. The fourth-order valence-corrected chi connectivity index (χ4v) is 3.92. The lowest BCUT2D eigenvalue weighted by molar-refractivity contribution is 0.233. The summed E-state index contributed by atoms with van der Waals surface area (Å²) in [6.45, 7) is 1.07. The number of fused-ring (bicyclic) bond motifs is 1. The van der Waals surface area contributed by atoms with Gasteiger partial charge in [-0.15, -0.1) is 0 Å². The molecule has 2 amide bonds. The van der Waals surface area contributed by atoms with Gasteiger partial charge in [-0.25, -0.2) is 26.3 Å². The van der Waals surface area contributed by atoms with Crippen LogP contribution in [0.1, 0.15) is 11.1 Å². The highest BCUT2D eigenvalue weighted by Crippen LogP contribution is 2.33. The first kappa shape index (κ1) is 15.4. The minimum absolute atomic E-state index is 0.0751. The summed E-state index contributed by atoms with van der Waals surface area (Å²) in [5.74, 6) is -1.50. The monoisotopic (exact) mass is 338 g/mol. The average Bonchev–Trinajstić information content (AvgIpc) is 2.48. The predicted octanol–water partition coefficient (Wildman–Crippen LogP) is 3.01. The Morgan fingerprint density at radius 2 is 1.91 bits per heavy atom. The fourth-order valence-electron chi connectivity index (χ4n) is 2.39. The molecule has 1 N–H and O–H groups in total. The number of carbonyl (C=O) groups excluding carboxylic acids is 1. The molecule has 0 saturated carbocycles. The Kier molecular flexibility index (Phi) is 3.56. The van der Waals surface area contributed by atoms with Crippen LogP contribution in [0.25, 0.3) is 0 Å². The van der Waals surface area contributed by atoms with E-state index in [2.05, 4.69) is 5.32 Å². The minimum Gasteiger partial charge on any atom is -0.305 e. The number of halogens is 2. The lowest BCUT2D eigenvalue weighted by Gasteiger charge is -2.29. The number of rotatable bonds is 2. The van der Waals surface area contributed by atoms with Crippen LogP contribution in [-0.2, 0) is 16.6 Å². The third-order valence-corrected chi connectivity index (χ3v) is 5.35. The number of aryl methyl sites for hydroxylation is 1. The Morgan fingerprint density at radius 3 is 2.65 bits per heavy atom. The molecule has 120 valence electrons. The zero-order chi connectivity index (χ0) is 16.8. The Bertz CT molecular complexity index is 913. The van der Waals surface area contributed by atoms with E-state index in [9.17, 15) is 22.0 Å². The Morgan fingerprint density at radius 1 is 1.17 bits per heavy atom. The van der Waals surface area contributed by atoms with Crippen molar-refractivity contribution in [2.45, 2.75) is 18.4 Å². The van der Waals surface area contributed by atoms with Crippen LogP contribution in [0.4, 0.5) is 19.3 Å². The number of urea groups is 1. The van der Waals surface area contributed by atoms with E-state index in [4.69, 9.17) is 0 Å². The third-order valence-electron chi connectivity index (χ3n) is 3.58. The molecule has 0 atom stereocenters. The molecule has 0 radical (unpaired) electrons. The molecule has 1 aliphatic heterocycles. The molecule has 2 aromatic carbocycles. The summed E-state index contributed by atoms with van der Waals surface area (Å²) in [7, 11) is -4.15. The van der Waals surface area contributed by atoms with Crippen LogP contribution in [0.3, 0.4) is 0 Å². The molecule has 2 aromatic rings. The van der Waals surface area contributed by atoms with Gasteiger partial charge in [-0.2, -0.15) is 0 Å². The van der Waals surface area contributed by atoms with Crippen molar-refractivity contribution in [1.82, 2.24) is 4.31 Å². The summed E-state index contributed by atoms with van der Waals surface area (Å²) < 4.78 is 52.7. The summed E-state index contributed by atoms with van der Waals surface area (Å²) in [5.41, 5.74) is 0.573. The van der Waals surface area contributed by atoms with E-state index in [1.54, 1.807) is 19.1 Å². The van der Waals surface area contributed by atoms with Gasteiger partial charge >= 0.3 is 6.03 Å². The number of hydrogen-bond donors (Lipinski definition) is 1.